The number of piperidine rings is 1. The number of benzene rings is 2. The van der Waals surface area contributed by atoms with Gasteiger partial charge < -0.3 is 10.6 Å². The summed E-state index contributed by atoms with van der Waals surface area (Å²) in [5, 5.41) is 5.37. The topological polar surface area (TPSA) is 95.6 Å². The third-order valence-electron chi connectivity index (χ3n) is 5.55. The van der Waals surface area contributed by atoms with Crippen LogP contribution in [-0.4, -0.2) is 43.7 Å². The molecule has 31 heavy (non-hydrogen) atoms. The summed E-state index contributed by atoms with van der Waals surface area (Å²) >= 11 is 0. The van der Waals surface area contributed by atoms with Crippen molar-refractivity contribution in [3.63, 3.8) is 0 Å². The van der Waals surface area contributed by atoms with Crippen molar-refractivity contribution >= 4 is 27.5 Å². The van der Waals surface area contributed by atoms with Gasteiger partial charge in [0.05, 0.1) is 11.4 Å². The van der Waals surface area contributed by atoms with Gasteiger partial charge in [0.25, 0.3) is 5.91 Å². The lowest BCUT2D eigenvalue weighted by molar-refractivity contribution is -0.115. The first kappa shape index (κ1) is 23.0. The van der Waals surface area contributed by atoms with E-state index in [0.717, 1.165) is 36.9 Å². The highest BCUT2D eigenvalue weighted by Crippen LogP contribution is 2.25. The Morgan fingerprint density at radius 2 is 1.77 bits per heavy atom. The van der Waals surface area contributed by atoms with E-state index in [0.29, 0.717) is 12.1 Å². The number of para-hydroxylation sites is 1. The summed E-state index contributed by atoms with van der Waals surface area (Å²) in [6.45, 7) is 4.26. The molecule has 7 nitrogen and oxygen atoms in total. The third-order valence-corrected chi connectivity index (χ3v) is 7.57. The van der Waals surface area contributed by atoms with E-state index < -0.39 is 15.9 Å². The number of amides is 2. The van der Waals surface area contributed by atoms with Crippen molar-refractivity contribution in [2.45, 2.75) is 50.5 Å². The second-order valence-corrected chi connectivity index (χ2v) is 9.62. The van der Waals surface area contributed by atoms with Crippen LogP contribution in [0.1, 0.15) is 49.0 Å². The lowest BCUT2D eigenvalue weighted by atomic mass is 10.1. The first-order valence-electron chi connectivity index (χ1n) is 10.6. The van der Waals surface area contributed by atoms with E-state index >= 15 is 0 Å². The molecule has 1 saturated heterocycles. The van der Waals surface area contributed by atoms with Crippen LogP contribution in [0.3, 0.4) is 0 Å². The molecule has 0 spiro atoms. The van der Waals surface area contributed by atoms with Crippen LogP contribution in [0.25, 0.3) is 0 Å². The highest BCUT2D eigenvalue weighted by molar-refractivity contribution is 7.89. The second kappa shape index (κ2) is 10.1. The Labute approximate surface area is 183 Å². The van der Waals surface area contributed by atoms with Gasteiger partial charge in [0.1, 0.15) is 0 Å². The Morgan fingerprint density at radius 1 is 1.06 bits per heavy atom. The fourth-order valence-electron chi connectivity index (χ4n) is 3.75. The average Bonchev–Trinajstić information content (AvgIpc) is 2.78. The molecule has 8 heteroatoms. The predicted octanol–water partition coefficient (Wildman–Crippen LogP) is 3.18. The van der Waals surface area contributed by atoms with Crippen LogP contribution < -0.4 is 10.6 Å². The molecule has 0 saturated carbocycles. The monoisotopic (exact) mass is 443 g/mol. The molecular formula is C23H29N3O4S. The van der Waals surface area contributed by atoms with Crippen molar-refractivity contribution in [2.75, 3.05) is 18.4 Å². The maximum absolute atomic E-state index is 12.9. The van der Waals surface area contributed by atoms with Crippen LogP contribution in [0.2, 0.25) is 0 Å². The van der Waals surface area contributed by atoms with Crippen molar-refractivity contribution in [2.24, 2.45) is 0 Å². The largest absolute Gasteiger partial charge is 0.343 e. The zero-order valence-corrected chi connectivity index (χ0v) is 18.7. The smallest absolute Gasteiger partial charge is 0.251 e. The Morgan fingerprint density at radius 3 is 2.45 bits per heavy atom. The lowest BCUT2D eigenvalue weighted by Crippen LogP contribution is -2.41. The number of aryl methyl sites for hydroxylation is 1. The van der Waals surface area contributed by atoms with Gasteiger partial charge in [-0.15, -0.1) is 0 Å². The second-order valence-electron chi connectivity index (χ2n) is 7.73. The summed E-state index contributed by atoms with van der Waals surface area (Å²) in [5.41, 5.74) is 2.04. The fraction of sp³-hybridized carbons (Fsp3) is 0.391. The molecule has 0 aromatic heterocycles. The van der Waals surface area contributed by atoms with Crippen LogP contribution in [0.5, 0.6) is 0 Å². The van der Waals surface area contributed by atoms with Crippen LogP contribution in [-0.2, 0) is 21.2 Å². The molecule has 1 aliphatic rings. The number of rotatable bonds is 7. The van der Waals surface area contributed by atoms with Gasteiger partial charge in [-0.05, 0) is 62.1 Å². The molecular weight excluding hydrogens is 414 g/mol. The number of nitrogens with one attached hydrogen (secondary N) is 2. The van der Waals surface area contributed by atoms with Crippen molar-refractivity contribution in [1.82, 2.24) is 9.62 Å². The first-order chi connectivity index (χ1) is 14.8. The number of hydrogen-bond acceptors (Lipinski definition) is 4. The number of carbonyl (C=O) groups is 2. The maximum atomic E-state index is 12.9. The van der Waals surface area contributed by atoms with Gasteiger partial charge in [-0.3, -0.25) is 9.59 Å². The molecule has 0 radical (unpaired) electrons. The molecule has 2 amide bonds. The summed E-state index contributed by atoms with van der Waals surface area (Å²) < 4.78 is 27.3. The zero-order valence-electron chi connectivity index (χ0n) is 17.9. The van der Waals surface area contributed by atoms with Crippen LogP contribution in [0.15, 0.2) is 53.4 Å². The molecule has 0 bridgehead atoms. The van der Waals surface area contributed by atoms with Crippen LogP contribution in [0.4, 0.5) is 5.69 Å². The molecule has 2 aromatic rings. The van der Waals surface area contributed by atoms with E-state index in [2.05, 4.69) is 10.6 Å². The van der Waals surface area contributed by atoms with E-state index in [-0.39, 0.29) is 23.4 Å². The van der Waals surface area contributed by atoms with E-state index in [1.807, 2.05) is 38.1 Å². The number of hydrogen-bond donors (Lipinski definition) is 2. The van der Waals surface area contributed by atoms with Gasteiger partial charge in [-0.25, -0.2) is 8.42 Å². The van der Waals surface area contributed by atoms with Gasteiger partial charge in [-0.1, -0.05) is 31.5 Å². The van der Waals surface area contributed by atoms with Gasteiger partial charge in [0, 0.05) is 23.8 Å². The van der Waals surface area contributed by atoms with Crippen molar-refractivity contribution < 1.29 is 18.0 Å². The molecule has 1 aliphatic heterocycles. The number of carbonyl (C=O) groups excluding carboxylic acids is 2. The molecule has 1 atom stereocenters. The van der Waals surface area contributed by atoms with Crippen molar-refractivity contribution in [1.29, 1.82) is 0 Å². The normalized spacial score (nSPS) is 17.2. The Balaban J connectivity index is 1.59. The Bertz CT molecular complexity index is 1040. The molecule has 0 unspecified atom stereocenters. The number of nitrogens with zero attached hydrogens (tertiary/aromatic N) is 1. The summed E-state index contributed by atoms with van der Waals surface area (Å²) in [7, 11) is -3.58. The molecule has 0 aliphatic carbocycles. The SMILES string of the molecule is CCc1ccccc1NC(=O)CNC(=O)c1ccc(S(=O)(=O)N2CCCC[C@H]2C)cc1. The van der Waals surface area contributed by atoms with Crippen molar-refractivity contribution in [3.8, 4) is 0 Å². The van der Waals surface area contributed by atoms with Gasteiger partial charge >= 0.3 is 0 Å². The Hall–Kier alpha value is -2.71. The fourth-order valence-corrected chi connectivity index (χ4v) is 5.45. The molecule has 1 heterocycles. The van der Waals surface area contributed by atoms with E-state index in [1.54, 1.807) is 0 Å². The van der Waals surface area contributed by atoms with E-state index in [4.69, 9.17) is 0 Å². The van der Waals surface area contributed by atoms with E-state index in [1.165, 1.54) is 28.6 Å². The standard InChI is InChI=1S/C23H29N3O4S/c1-3-18-9-4-5-10-21(18)25-22(27)16-24-23(28)19-11-13-20(14-12-19)31(29,30)26-15-7-6-8-17(26)2/h4-5,9-14,17H,3,6-8,15-16H2,1-2H3,(H,24,28)(H,25,27)/t17-/m1/s1. The predicted molar refractivity (Wildman–Crippen MR) is 120 cm³/mol. The summed E-state index contributed by atoms with van der Waals surface area (Å²) in [6, 6.07) is 13.3. The maximum Gasteiger partial charge on any atom is 0.251 e. The highest BCUT2D eigenvalue weighted by Gasteiger charge is 2.30. The van der Waals surface area contributed by atoms with Gasteiger partial charge in [-0.2, -0.15) is 4.31 Å². The summed E-state index contributed by atoms with van der Waals surface area (Å²) in [5.74, 6) is -0.762. The number of sulfonamides is 1. The highest BCUT2D eigenvalue weighted by atomic mass is 32.2. The van der Waals surface area contributed by atoms with Crippen LogP contribution >= 0.6 is 0 Å². The molecule has 2 aromatic carbocycles. The zero-order chi connectivity index (χ0) is 22.4. The summed E-state index contributed by atoms with van der Waals surface area (Å²) in [6.07, 6.45) is 3.53. The summed E-state index contributed by atoms with van der Waals surface area (Å²) in [4.78, 5) is 24.8. The van der Waals surface area contributed by atoms with Crippen LogP contribution in [0, 0.1) is 0 Å². The first-order valence-corrected chi connectivity index (χ1v) is 12.0. The third kappa shape index (κ3) is 5.51. The molecule has 1 fully saturated rings. The van der Waals surface area contributed by atoms with Gasteiger partial charge in [0.15, 0.2) is 0 Å². The molecule has 2 N–H and O–H groups in total. The molecule has 166 valence electrons. The van der Waals surface area contributed by atoms with E-state index in [9.17, 15) is 18.0 Å². The average molecular weight is 444 g/mol. The van der Waals surface area contributed by atoms with Gasteiger partial charge in [0.2, 0.25) is 15.9 Å². The minimum absolute atomic E-state index is 0.0296. The molecule has 3 rings (SSSR count). The minimum atomic E-state index is -3.58. The Kier molecular flexibility index (Phi) is 7.46. The minimum Gasteiger partial charge on any atom is -0.343 e. The van der Waals surface area contributed by atoms with Crippen molar-refractivity contribution in [3.05, 3.63) is 59.7 Å². The number of anilines is 1. The lowest BCUT2D eigenvalue weighted by Gasteiger charge is -2.32. The quantitative estimate of drug-likeness (QED) is 0.687.